The molecule has 0 unspecified atom stereocenters. The van der Waals surface area contributed by atoms with Gasteiger partial charge in [-0.3, -0.25) is 4.79 Å². The molecular weight excluding hydrogens is 386 g/mol. The largest absolute Gasteiger partial charge is 0.421 e. The van der Waals surface area contributed by atoms with Gasteiger partial charge in [0.2, 0.25) is 17.7 Å². The van der Waals surface area contributed by atoms with E-state index in [1.807, 2.05) is 21.5 Å². The van der Waals surface area contributed by atoms with Gasteiger partial charge in [0.1, 0.15) is 0 Å². The van der Waals surface area contributed by atoms with E-state index in [2.05, 4.69) is 10.2 Å². The van der Waals surface area contributed by atoms with Crippen LogP contribution in [0, 0.1) is 0 Å². The van der Waals surface area contributed by atoms with E-state index in [9.17, 15) is 13.2 Å². The van der Waals surface area contributed by atoms with Crippen LogP contribution in [0.15, 0.2) is 50.4 Å². The van der Waals surface area contributed by atoms with E-state index in [0.29, 0.717) is 5.89 Å². The third-order valence-electron chi connectivity index (χ3n) is 3.16. The third kappa shape index (κ3) is 4.44. The fraction of sp³-hybridized carbons (Fsp3) is 0.133. The zero-order chi connectivity index (χ0) is 17.9. The van der Waals surface area contributed by atoms with E-state index in [1.165, 1.54) is 29.5 Å². The second-order valence-electron chi connectivity index (χ2n) is 5.00. The number of hydrogen-bond donors (Lipinski definition) is 1. The van der Waals surface area contributed by atoms with Crippen LogP contribution in [0.3, 0.4) is 0 Å². The van der Waals surface area contributed by atoms with Crippen molar-refractivity contribution in [2.24, 2.45) is 0 Å². The quantitative estimate of drug-likeness (QED) is 0.686. The van der Waals surface area contributed by atoms with Crippen LogP contribution in [-0.2, 0) is 21.2 Å². The van der Waals surface area contributed by atoms with Gasteiger partial charge < -0.3 is 4.42 Å². The number of nitrogens with zero attached hydrogens (tertiary/aromatic N) is 2. The monoisotopic (exact) mass is 397 g/mol. The number of nitrogens with one attached hydrogen (secondary N) is 1. The maximum atomic E-state index is 12.1. The smallest absolute Gasteiger partial charge is 0.264 e. The Morgan fingerprint density at radius 2 is 2.12 bits per heavy atom. The van der Waals surface area contributed by atoms with Gasteiger partial charge in [0.25, 0.3) is 10.0 Å². The van der Waals surface area contributed by atoms with Gasteiger partial charge in [-0.2, -0.15) is 11.3 Å². The topological polar surface area (TPSA) is 102 Å². The highest BCUT2D eigenvalue weighted by molar-refractivity contribution is 7.90. The molecule has 2 heterocycles. The summed E-state index contributed by atoms with van der Waals surface area (Å²) in [5.74, 6) is -0.0463. The molecular formula is C15H12ClN3O4S2. The minimum absolute atomic E-state index is 0.0779. The van der Waals surface area contributed by atoms with Crippen LogP contribution in [0.5, 0.6) is 0 Å². The van der Waals surface area contributed by atoms with Crippen LogP contribution in [0.25, 0.3) is 11.5 Å². The van der Waals surface area contributed by atoms with Crippen molar-refractivity contribution in [3.05, 3.63) is 52.0 Å². The standard InChI is InChI=1S/C15H12ClN3O4S2/c16-11-2-1-3-12(8-11)25(21,22)19-13(20)4-5-14-17-18-15(23-14)10-6-7-24-9-10/h1-3,6-9H,4-5H2,(H,19,20). The van der Waals surface area contributed by atoms with Gasteiger partial charge in [0, 0.05) is 28.8 Å². The maximum absolute atomic E-state index is 12.1. The number of sulfonamides is 1. The lowest BCUT2D eigenvalue weighted by atomic mass is 10.3. The van der Waals surface area contributed by atoms with Crippen LogP contribution in [0.4, 0.5) is 0 Å². The summed E-state index contributed by atoms with van der Waals surface area (Å²) in [6, 6.07) is 7.50. The van der Waals surface area contributed by atoms with Crippen molar-refractivity contribution < 1.29 is 17.6 Å². The molecule has 0 fully saturated rings. The molecule has 0 saturated carbocycles. The zero-order valence-electron chi connectivity index (χ0n) is 12.7. The Balaban J connectivity index is 1.60. The molecule has 1 N–H and O–H groups in total. The Morgan fingerprint density at radius 1 is 1.28 bits per heavy atom. The van der Waals surface area contributed by atoms with Gasteiger partial charge in [-0.15, -0.1) is 10.2 Å². The molecule has 3 aromatic rings. The van der Waals surface area contributed by atoms with Crippen LogP contribution in [0.1, 0.15) is 12.3 Å². The van der Waals surface area contributed by atoms with E-state index >= 15 is 0 Å². The second-order valence-corrected chi connectivity index (χ2v) is 7.90. The van der Waals surface area contributed by atoms with Crippen LogP contribution < -0.4 is 4.72 Å². The third-order valence-corrected chi connectivity index (χ3v) is 5.44. The van der Waals surface area contributed by atoms with Gasteiger partial charge in [0.05, 0.1) is 4.90 Å². The van der Waals surface area contributed by atoms with E-state index in [1.54, 1.807) is 6.07 Å². The van der Waals surface area contributed by atoms with Crippen molar-refractivity contribution in [2.75, 3.05) is 0 Å². The Labute approximate surface area is 152 Å². The molecule has 1 aromatic carbocycles. The highest BCUT2D eigenvalue weighted by atomic mass is 35.5. The second kappa shape index (κ2) is 7.34. The number of aromatic nitrogens is 2. The van der Waals surface area contributed by atoms with Gasteiger partial charge in [-0.05, 0) is 29.6 Å². The minimum Gasteiger partial charge on any atom is -0.421 e. The highest BCUT2D eigenvalue weighted by Gasteiger charge is 2.18. The molecule has 10 heteroatoms. The summed E-state index contributed by atoms with van der Waals surface area (Å²) in [5, 5.41) is 11.8. The van der Waals surface area contributed by atoms with Crippen LogP contribution >= 0.6 is 22.9 Å². The van der Waals surface area contributed by atoms with E-state index < -0.39 is 15.9 Å². The fourth-order valence-corrected chi connectivity index (χ4v) is 3.92. The first-order chi connectivity index (χ1) is 11.9. The maximum Gasteiger partial charge on any atom is 0.264 e. The summed E-state index contributed by atoms with van der Waals surface area (Å²) < 4.78 is 31.7. The summed E-state index contributed by atoms with van der Waals surface area (Å²) in [4.78, 5) is 11.8. The molecule has 1 amide bonds. The normalized spacial score (nSPS) is 11.4. The number of amides is 1. The van der Waals surface area contributed by atoms with Gasteiger partial charge in [-0.1, -0.05) is 17.7 Å². The molecule has 3 rings (SSSR count). The zero-order valence-corrected chi connectivity index (χ0v) is 15.1. The predicted octanol–water partition coefficient (Wildman–Crippen LogP) is 2.89. The number of benzene rings is 1. The van der Waals surface area contributed by atoms with Crippen molar-refractivity contribution in [1.29, 1.82) is 0 Å². The number of aryl methyl sites for hydroxylation is 1. The lowest BCUT2D eigenvalue weighted by Crippen LogP contribution is -2.30. The molecule has 25 heavy (non-hydrogen) atoms. The lowest BCUT2D eigenvalue weighted by molar-refractivity contribution is -0.119. The average molecular weight is 398 g/mol. The summed E-state index contributed by atoms with van der Waals surface area (Å²) in [6.45, 7) is 0. The molecule has 7 nitrogen and oxygen atoms in total. The number of hydrogen-bond acceptors (Lipinski definition) is 7. The van der Waals surface area contributed by atoms with Crippen LogP contribution in [-0.4, -0.2) is 24.5 Å². The Morgan fingerprint density at radius 3 is 2.84 bits per heavy atom. The van der Waals surface area contributed by atoms with E-state index in [-0.39, 0.29) is 28.7 Å². The van der Waals surface area contributed by atoms with Crippen molar-refractivity contribution >= 4 is 38.9 Å². The molecule has 0 aliphatic rings. The number of carbonyl (C=O) groups is 1. The molecule has 130 valence electrons. The first-order valence-electron chi connectivity index (χ1n) is 7.10. The molecule has 0 spiro atoms. The van der Waals surface area contributed by atoms with Crippen molar-refractivity contribution in [3.8, 4) is 11.5 Å². The Hall–Kier alpha value is -2.23. The summed E-state index contributed by atoms with van der Waals surface area (Å²) >= 11 is 7.27. The number of thiophene rings is 1. The highest BCUT2D eigenvalue weighted by Crippen LogP contribution is 2.21. The predicted molar refractivity (Wildman–Crippen MR) is 92.7 cm³/mol. The number of halogens is 1. The summed E-state index contributed by atoms with van der Waals surface area (Å²) in [5.41, 5.74) is 0.803. The van der Waals surface area contributed by atoms with Gasteiger partial charge in [0.15, 0.2) is 0 Å². The lowest BCUT2D eigenvalue weighted by Gasteiger charge is -2.06. The first kappa shape index (κ1) is 17.6. The number of carbonyl (C=O) groups excluding carboxylic acids is 1. The first-order valence-corrected chi connectivity index (χ1v) is 9.90. The van der Waals surface area contributed by atoms with Gasteiger partial charge >= 0.3 is 0 Å². The fourth-order valence-electron chi connectivity index (χ4n) is 1.97. The van der Waals surface area contributed by atoms with Crippen molar-refractivity contribution in [3.63, 3.8) is 0 Å². The van der Waals surface area contributed by atoms with Crippen molar-refractivity contribution in [1.82, 2.24) is 14.9 Å². The van der Waals surface area contributed by atoms with E-state index in [4.69, 9.17) is 16.0 Å². The summed E-state index contributed by atoms with van der Waals surface area (Å²) in [7, 11) is -3.97. The molecule has 2 aromatic heterocycles. The molecule has 0 bridgehead atoms. The molecule has 0 atom stereocenters. The summed E-state index contributed by atoms with van der Waals surface area (Å²) in [6.07, 6.45) is 0.0269. The number of rotatable bonds is 6. The van der Waals surface area contributed by atoms with Gasteiger partial charge in [-0.25, -0.2) is 13.1 Å². The Kier molecular flexibility index (Phi) is 5.16. The molecule has 0 saturated heterocycles. The van der Waals surface area contributed by atoms with Crippen LogP contribution in [0.2, 0.25) is 5.02 Å². The molecule has 0 aliphatic heterocycles. The Bertz CT molecular complexity index is 984. The SMILES string of the molecule is O=C(CCc1nnc(-c2ccsc2)o1)NS(=O)(=O)c1cccc(Cl)c1. The molecule has 0 aliphatic carbocycles. The van der Waals surface area contributed by atoms with Crippen molar-refractivity contribution in [2.45, 2.75) is 17.7 Å². The van der Waals surface area contributed by atoms with E-state index in [0.717, 1.165) is 5.56 Å². The minimum atomic E-state index is -3.97. The molecule has 0 radical (unpaired) electrons. The average Bonchev–Trinajstić information content (AvgIpc) is 3.24.